The molecule has 0 aromatic heterocycles. The summed E-state index contributed by atoms with van der Waals surface area (Å²) < 4.78 is 0. The molecule has 3 N–H and O–H groups in total. The molecule has 0 spiro atoms. The molecule has 0 fully saturated rings. The highest BCUT2D eigenvalue weighted by molar-refractivity contribution is 5.60. The number of aliphatic hydroxyl groups is 1. The molecule has 2 aromatic carbocycles. The van der Waals surface area contributed by atoms with Crippen LogP contribution < -0.4 is 10.6 Å². The molecular weight excluding hydrogens is 296 g/mol. The Labute approximate surface area is 147 Å². The lowest BCUT2D eigenvalue weighted by atomic mass is 10.0. The maximum absolute atomic E-state index is 8.95. The van der Waals surface area contributed by atoms with E-state index in [-0.39, 0.29) is 6.61 Å². The fourth-order valence-electron chi connectivity index (χ4n) is 2.68. The van der Waals surface area contributed by atoms with E-state index in [0.717, 1.165) is 12.2 Å². The second kappa shape index (κ2) is 10.7. The third-order valence-electron chi connectivity index (χ3n) is 3.58. The van der Waals surface area contributed by atoms with Gasteiger partial charge in [-0.05, 0) is 43.5 Å². The summed E-state index contributed by atoms with van der Waals surface area (Å²) >= 11 is 0. The predicted molar refractivity (Wildman–Crippen MR) is 106 cm³/mol. The van der Waals surface area contributed by atoms with Gasteiger partial charge in [-0.2, -0.15) is 0 Å². The van der Waals surface area contributed by atoms with Crippen LogP contribution in [-0.4, -0.2) is 18.3 Å². The molecule has 0 aliphatic heterocycles. The minimum atomic E-state index is 0.137. The first-order valence-electron chi connectivity index (χ1n) is 8.77. The van der Waals surface area contributed by atoms with E-state index < -0.39 is 0 Å². The Morgan fingerprint density at radius 3 is 2.08 bits per heavy atom. The smallest absolute Gasteiger partial charge is 0.0604 e. The van der Waals surface area contributed by atoms with Gasteiger partial charge in [0.2, 0.25) is 0 Å². The van der Waals surface area contributed by atoms with Crippen molar-refractivity contribution in [3.8, 4) is 0 Å². The molecule has 0 amide bonds. The van der Waals surface area contributed by atoms with Crippen LogP contribution in [0.2, 0.25) is 0 Å². The van der Waals surface area contributed by atoms with Crippen molar-refractivity contribution in [3.05, 3.63) is 58.7 Å². The molecule has 132 valence electrons. The standard InChI is InChI=1S/C18H24N2O.C3H8/c1-13-10-14(2)18(15(3)11-13)20-12-16-6-4-5-7-17(16)19-8-9-21;1-3-2/h4-7,10-11,19-21H,8-9,12H2,1-3H3;3H2,1-2H3. The number of benzene rings is 2. The normalized spacial score (nSPS) is 9.92. The molecule has 0 saturated heterocycles. The van der Waals surface area contributed by atoms with Crippen LogP contribution in [0.4, 0.5) is 11.4 Å². The predicted octanol–water partition coefficient (Wildman–Crippen LogP) is 5.04. The number of aliphatic hydroxyl groups excluding tert-OH is 1. The zero-order valence-corrected chi connectivity index (χ0v) is 15.7. The molecule has 3 heteroatoms. The number of para-hydroxylation sites is 1. The maximum atomic E-state index is 8.95. The zero-order valence-electron chi connectivity index (χ0n) is 15.7. The summed E-state index contributed by atoms with van der Waals surface area (Å²) in [6.07, 6.45) is 1.25. The number of hydrogen-bond acceptors (Lipinski definition) is 3. The number of rotatable bonds is 6. The molecule has 0 atom stereocenters. The van der Waals surface area contributed by atoms with E-state index >= 15 is 0 Å². The van der Waals surface area contributed by atoms with E-state index in [1.54, 1.807) is 0 Å². The van der Waals surface area contributed by atoms with Crippen molar-refractivity contribution in [3.63, 3.8) is 0 Å². The van der Waals surface area contributed by atoms with Gasteiger partial charge in [-0.15, -0.1) is 0 Å². The van der Waals surface area contributed by atoms with Crippen molar-refractivity contribution in [2.75, 3.05) is 23.8 Å². The maximum Gasteiger partial charge on any atom is 0.0604 e. The van der Waals surface area contributed by atoms with E-state index in [0.29, 0.717) is 6.54 Å². The summed E-state index contributed by atoms with van der Waals surface area (Å²) in [6, 6.07) is 12.6. The van der Waals surface area contributed by atoms with Crippen molar-refractivity contribution >= 4 is 11.4 Å². The summed E-state index contributed by atoms with van der Waals surface area (Å²) in [5, 5.41) is 15.7. The highest BCUT2D eigenvalue weighted by atomic mass is 16.3. The number of hydrogen-bond donors (Lipinski definition) is 3. The molecule has 0 aliphatic carbocycles. The van der Waals surface area contributed by atoms with Crippen LogP contribution in [0.15, 0.2) is 36.4 Å². The fourth-order valence-corrected chi connectivity index (χ4v) is 2.68. The summed E-state index contributed by atoms with van der Waals surface area (Å²) in [6.45, 7) is 12.1. The van der Waals surface area contributed by atoms with Gasteiger partial charge in [-0.3, -0.25) is 0 Å². The lowest BCUT2D eigenvalue weighted by molar-refractivity contribution is 0.311. The molecule has 2 rings (SSSR count). The van der Waals surface area contributed by atoms with Gasteiger partial charge in [0.05, 0.1) is 6.61 Å². The van der Waals surface area contributed by atoms with Crippen molar-refractivity contribution < 1.29 is 5.11 Å². The Morgan fingerprint density at radius 1 is 0.917 bits per heavy atom. The second-order valence-corrected chi connectivity index (χ2v) is 6.14. The Balaban J connectivity index is 0.000000891. The Hall–Kier alpha value is -2.00. The van der Waals surface area contributed by atoms with Gasteiger partial charge in [-0.25, -0.2) is 0 Å². The van der Waals surface area contributed by atoms with Crippen LogP contribution >= 0.6 is 0 Å². The first-order chi connectivity index (χ1) is 11.5. The van der Waals surface area contributed by atoms with E-state index in [2.05, 4.69) is 63.5 Å². The highest BCUT2D eigenvalue weighted by Gasteiger charge is 2.05. The molecule has 0 heterocycles. The lowest BCUT2D eigenvalue weighted by Gasteiger charge is -2.16. The lowest BCUT2D eigenvalue weighted by Crippen LogP contribution is -2.10. The average molecular weight is 329 g/mol. The van der Waals surface area contributed by atoms with Crippen LogP contribution in [0.1, 0.15) is 42.5 Å². The van der Waals surface area contributed by atoms with Crippen molar-refractivity contribution in [1.29, 1.82) is 0 Å². The van der Waals surface area contributed by atoms with Crippen molar-refractivity contribution in [2.24, 2.45) is 0 Å². The van der Waals surface area contributed by atoms with Crippen LogP contribution in [0, 0.1) is 20.8 Å². The number of aryl methyl sites for hydroxylation is 3. The molecule has 24 heavy (non-hydrogen) atoms. The Kier molecular flexibility index (Phi) is 8.95. The summed E-state index contributed by atoms with van der Waals surface area (Å²) in [7, 11) is 0. The molecule has 0 bridgehead atoms. The quantitative estimate of drug-likeness (QED) is 0.695. The molecule has 0 radical (unpaired) electrons. The Bertz CT molecular complexity index is 600. The van der Waals surface area contributed by atoms with Gasteiger partial charge in [-0.1, -0.05) is 56.2 Å². The Morgan fingerprint density at radius 2 is 1.50 bits per heavy atom. The van der Waals surface area contributed by atoms with Crippen LogP contribution in [0.3, 0.4) is 0 Å². The van der Waals surface area contributed by atoms with Crippen LogP contribution in [-0.2, 0) is 6.54 Å². The van der Waals surface area contributed by atoms with Gasteiger partial charge in [0.25, 0.3) is 0 Å². The fraction of sp³-hybridized carbons (Fsp3) is 0.429. The molecule has 3 nitrogen and oxygen atoms in total. The highest BCUT2D eigenvalue weighted by Crippen LogP contribution is 2.24. The second-order valence-electron chi connectivity index (χ2n) is 6.14. The number of nitrogens with one attached hydrogen (secondary N) is 2. The SMILES string of the molecule is CCC.Cc1cc(C)c(NCc2ccccc2NCCO)c(C)c1. The number of anilines is 2. The molecule has 0 unspecified atom stereocenters. The minimum Gasteiger partial charge on any atom is -0.395 e. The van der Waals surface area contributed by atoms with Crippen molar-refractivity contribution in [2.45, 2.75) is 47.6 Å². The first kappa shape index (κ1) is 20.0. The zero-order chi connectivity index (χ0) is 17.9. The van der Waals surface area contributed by atoms with Gasteiger partial charge < -0.3 is 15.7 Å². The van der Waals surface area contributed by atoms with Gasteiger partial charge >= 0.3 is 0 Å². The molecule has 2 aromatic rings. The van der Waals surface area contributed by atoms with E-state index in [4.69, 9.17) is 5.11 Å². The monoisotopic (exact) mass is 328 g/mol. The van der Waals surface area contributed by atoms with Crippen LogP contribution in [0.5, 0.6) is 0 Å². The summed E-state index contributed by atoms with van der Waals surface area (Å²) in [5.41, 5.74) is 7.31. The average Bonchev–Trinajstić information content (AvgIpc) is 2.53. The topological polar surface area (TPSA) is 44.3 Å². The van der Waals surface area contributed by atoms with E-state index in [9.17, 15) is 0 Å². The molecule has 0 saturated carbocycles. The molecule has 0 aliphatic rings. The van der Waals surface area contributed by atoms with E-state index in [1.807, 2.05) is 18.2 Å². The van der Waals surface area contributed by atoms with Crippen LogP contribution in [0.25, 0.3) is 0 Å². The third kappa shape index (κ3) is 6.25. The summed E-state index contributed by atoms with van der Waals surface area (Å²) in [4.78, 5) is 0. The van der Waals surface area contributed by atoms with E-state index in [1.165, 1.54) is 34.4 Å². The molecular formula is C21H32N2O. The third-order valence-corrected chi connectivity index (χ3v) is 3.58. The van der Waals surface area contributed by atoms with Gasteiger partial charge in [0.15, 0.2) is 0 Å². The van der Waals surface area contributed by atoms with Gasteiger partial charge in [0, 0.05) is 24.5 Å². The minimum absolute atomic E-state index is 0.137. The summed E-state index contributed by atoms with van der Waals surface area (Å²) in [5.74, 6) is 0. The first-order valence-corrected chi connectivity index (χ1v) is 8.77. The van der Waals surface area contributed by atoms with Crippen molar-refractivity contribution in [1.82, 2.24) is 0 Å². The van der Waals surface area contributed by atoms with Gasteiger partial charge in [0.1, 0.15) is 0 Å². The largest absolute Gasteiger partial charge is 0.395 e.